The van der Waals surface area contributed by atoms with Crippen LogP contribution in [0.1, 0.15) is 18.4 Å². The number of halogens is 1. The normalized spacial score (nSPS) is 19.0. The van der Waals surface area contributed by atoms with Crippen LogP contribution < -0.4 is 5.73 Å². The van der Waals surface area contributed by atoms with E-state index in [1.54, 1.807) is 18.2 Å². The van der Waals surface area contributed by atoms with Crippen molar-refractivity contribution in [1.29, 1.82) is 0 Å². The number of aliphatic hydroxyl groups is 1. The van der Waals surface area contributed by atoms with Crippen molar-refractivity contribution in [3.63, 3.8) is 0 Å². The average molecular weight is 239 g/mol. The molecule has 0 aliphatic heterocycles. The molecule has 0 spiro atoms. The molecule has 17 heavy (non-hydrogen) atoms. The van der Waals surface area contributed by atoms with Gasteiger partial charge in [0.2, 0.25) is 0 Å². The highest BCUT2D eigenvalue weighted by Crippen LogP contribution is 2.33. The largest absolute Gasteiger partial charge is 0.394 e. The zero-order chi connectivity index (χ0) is 12.3. The van der Waals surface area contributed by atoms with E-state index in [9.17, 15) is 9.50 Å². The van der Waals surface area contributed by atoms with Gasteiger partial charge in [0.25, 0.3) is 0 Å². The minimum absolute atomic E-state index is 0.119. The summed E-state index contributed by atoms with van der Waals surface area (Å²) in [5.41, 5.74) is 6.45. The highest BCUT2D eigenvalue weighted by atomic mass is 19.1. The monoisotopic (exact) mass is 239 g/mol. The van der Waals surface area contributed by atoms with Crippen LogP contribution in [0.2, 0.25) is 0 Å². The first-order valence-corrected chi connectivity index (χ1v) is 5.94. The zero-order valence-electron chi connectivity index (χ0n) is 9.68. The third kappa shape index (κ3) is 3.25. The van der Waals surface area contributed by atoms with Gasteiger partial charge in [0.1, 0.15) is 5.82 Å². The molecule has 1 saturated carbocycles. The minimum atomic E-state index is -0.401. The Morgan fingerprint density at radius 2 is 2.12 bits per heavy atom. The summed E-state index contributed by atoms with van der Waals surface area (Å²) >= 11 is 0. The fourth-order valence-corrected chi connectivity index (χ4v) is 1.88. The smallest absolute Gasteiger partial charge is 0.128 e. The molecule has 1 aromatic rings. The molecule has 0 bridgehead atoms. The highest BCUT2D eigenvalue weighted by molar-refractivity contribution is 5.16. The van der Waals surface area contributed by atoms with Crippen LogP contribution in [0.15, 0.2) is 24.3 Å². The summed E-state index contributed by atoms with van der Waals surface area (Å²) in [6.45, 7) is 0.0322. The standard InChI is InChI=1S/C13H18FNO2/c14-11-4-2-1-3-10(11)8-17-12(7-16)13(15)9-5-6-9/h1-4,9,12-13,16H,5-8,15H2. The van der Waals surface area contributed by atoms with Gasteiger partial charge in [-0.3, -0.25) is 0 Å². The Balaban J connectivity index is 1.89. The first-order chi connectivity index (χ1) is 8.22. The zero-order valence-corrected chi connectivity index (χ0v) is 9.68. The van der Waals surface area contributed by atoms with E-state index in [1.165, 1.54) is 6.07 Å². The van der Waals surface area contributed by atoms with Crippen molar-refractivity contribution >= 4 is 0 Å². The van der Waals surface area contributed by atoms with E-state index in [1.807, 2.05) is 0 Å². The fraction of sp³-hybridized carbons (Fsp3) is 0.538. The van der Waals surface area contributed by atoms with E-state index in [2.05, 4.69) is 0 Å². The van der Waals surface area contributed by atoms with E-state index < -0.39 is 6.10 Å². The number of hydrogen-bond acceptors (Lipinski definition) is 3. The van der Waals surface area contributed by atoms with Gasteiger partial charge in [-0.2, -0.15) is 0 Å². The topological polar surface area (TPSA) is 55.5 Å². The molecule has 2 atom stereocenters. The SMILES string of the molecule is NC(C1CC1)C(CO)OCc1ccccc1F. The van der Waals surface area contributed by atoms with Crippen LogP contribution in [0.5, 0.6) is 0 Å². The lowest BCUT2D eigenvalue weighted by Crippen LogP contribution is -2.41. The molecule has 3 nitrogen and oxygen atoms in total. The molecular formula is C13H18FNO2. The van der Waals surface area contributed by atoms with Crippen molar-refractivity contribution in [3.8, 4) is 0 Å². The Morgan fingerprint density at radius 1 is 1.41 bits per heavy atom. The summed E-state index contributed by atoms with van der Waals surface area (Å²) in [5.74, 6) is 0.164. The molecule has 94 valence electrons. The second-order valence-electron chi connectivity index (χ2n) is 4.54. The average Bonchev–Trinajstić information content (AvgIpc) is 3.15. The Kier molecular flexibility index (Phi) is 4.10. The van der Waals surface area contributed by atoms with Crippen LogP contribution in [0.3, 0.4) is 0 Å². The first-order valence-electron chi connectivity index (χ1n) is 5.94. The molecule has 1 aliphatic rings. The van der Waals surface area contributed by atoms with E-state index in [0.717, 1.165) is 12.8 Å². The van der Waals surface area contributed by atoms with Crippen LogP contribution in [0.25, 0.3) is 0 Å². The Morgan fingerprint density at radius 3 is 2.71 bits per heavy atom. The summed E-state index contributed by atoms with van der Waals surface area (Å²) < 4.78 is 18.8. The number of nitrogens with two attached hydrogens (primary N) is 1. The molecule has 4 heteroatoms. The molecule has 2 unspecified atom stereocenters. The van der Waals surface area contributed by atoms with Crippen LogP contribution in [-0.2, 0) is 11.3 Å². The van der Waals surface area contributed by atoms with E-state index >= 15 is 0 Å². The highest BCUT2D eigenvalue weighted by Gasteiger charge is 2.34. The Labute approximate surface area is 100 Å². The lowest BCUT2D eigenvalue weighted by molar-refractivity contribution is -0.0172. The molecule has 2 rings (SSSR count). The maximum atomic E-state index is 13.3. The van der Waals surface area contributed by atoms with Gasteiger partial charge < -0.3 is 15.6 Å². The summed E-state index contributed by atoms with van der Waals surface area (Å²) in [5, 5.41) is 9.22. The summed E-state index contributed by atoms with van der Waals surface area (Å²) in [6.07, 6.45) is 1.80. The molecule has 0 radical (unpaired) electrons. The number of aliphatic hydroxyl groups excluding tert-OH is 1. The minimum Gasteiger partial charge on any atom is -0.394 e. The molecular weight excluding hydrogens is 221 g/mol. The van der Waals surface area contributed by atoms with Crippen LogP contribution in [0, 0.1) is 11.7 Å². The van der Waals surface area contributed by atoms with E-state index in [-0.39, 0.29) is 25.1 Å². The first kappa shape index (κ1) is 12.5. The Hall–Kier alpha value is -0.970. The van der Waals surface area contributed by atoms with E-state index in [0.29, 0.717) is 11.5 Å². The molecule has 3 N–H and O–H groups in total. The molecule has 0 aromatic heterocycles. The third-order valence-electron chi connectivity index (χ3n) is 3.19. The van der Waals surface area contributed by atoms with Crippen LogP contribution in [0.4, 0.5) is 4.39 Å². The van der Waals surface area contributed by atoms with Gasteiger partial charge in [-0.1, -0.05) is 18.2 Å². The van der Waals surface area contributed by atoms with Crippen LogP contribution in [-0.4, -0.2) is 23.9 Å². The van der Waals surface area contributed by atoms with Crippen molar-refractivity contribution in [3.05, 3.63) is 35.6 Å². The number of benzene rings is 1. The number of ether oxygens (including phenoxy) is 1. The van der Waals surface area contributed by atoms with Gasteiger partial charge in [0.15, 0.2) is 0 Å². The number of rotatable bonds is 6. The van der Waals surface area contributed by atoms with Gasteiger partial charge in [-0.25, -0.2) is 4.39 Å². The maximum Gasteiger partial charge on any atom is 0.128 e. The van der Waals surface area contributed by atoms with E-state index in [4.69, 9.17) is 10.5 Å². The molecule has 0 saturated heterocycles. The van der Waals surface area contributed by atoms with Crippen molar-refractivity contribution in [2.75, 3.05) is 6.61 Å². The second kappa shape index (κ2) is 5.58. The summed E-state index contributed by atoms with van der Waals surface area (Å²) in [7, 11) is 0. The van der Waals surface area contributed by atoms with Crippen LogP contribution >= 0.6 is 0 Å². The van der Waals surface area contributed by atoms with Gasteiger partial charge in [0.05, 0.1) is 19.3 Å². The fourth-order valence-electron chi connectivity index (χ4n) is 1.88. The van der Waals surface area contributed by atoms with Crippen molar-refractivity contribution in [2.24, 2.45) is 11.7 Å². The lowest BCUT2D eigenvalue weighted by Gasteiger charge is -2.22. The third-order valence-corrected chi connectivity index (χ3v) is 3.19. The van der Waals surface area contributed by atoms with Crippen molar-refractivity contribution in [2.45, 2.75) is 31.6 Å². The maximum absolute atomic E-state index is 13.3. The molecule has 1 fully saturated rings. The predicted octanol–water partition coefficient (Wildman–Crippen LogP) is 1.44. The number of hydrogen-bond donors (Lipinski definition) is 2. The Bertz CT molecular complexity index is 368. The van der Waals surface area contributed by atoms with Gasteiger partial charge >= 0.3 is 0 Å². The van der Waals surface area contributed by atoms with Crippen molar-refractivity contribution in [1.82, 2.24) is 0 Å². The van der Waals surface area contributed by atoms with Gasteiger partial charge in [-0.15, -0.1) is 0 Å². The molecule has 0 amide bonds. The van der Waals surface area contributed by atoms with Gasteiger partial charge in [-0.05, 0) is 24.8 Å². The van der Waals surface area contributed by atoms with Gasteiger partial charge in [0, 0.05) is 11.6 Å². The molecule has 0 heterocycles. The molecule has 1 aromatic carbocycles. The van der Waals surface area contributed by atoms with Crippen molar-refractivity contribution < 1.29 is 14.2 Å². The molecule has 1 aliphatic carbocycles. The second-order valence-corrected chi connectivity index (χ2v) is 4.54. The quantitative estimate of drug-likeness (QED) is 0.789. The summed E-state index contributed by atoms with van der Waals surface area (Å²) in [6, 6.07) is 6.32. The lowest BCUT2D eigenvalue weighted by atomic mass is 10.1. The summed E-state index contributed by atoms with van der Waals surface area (Å²) in [4.78, 5) is 0. The predicted molar refractivity (Wildman–Crippen MR) is 62.8 cm³/mol.